The molecule has 0 saturated carbocycles. The third-order valence-corrected chi connectivity index (χ3v) is 1.91. The van der Waals surface area contributed by atoms with E-state index in [1.54, 1.807) is 6.07 Å². The number of halogens is 3. The summed E-state index contributed by atoms with van der Waals surface area (Å²) in [7, 11) is 0. The molecule has 0 radical (unpaired) electrons. The molecule has 0 aromatic carbocycles. The predicted molar refractivity (Wildman–Crippen MR) is 47.9 cm³/mol. The maximum absolute atomic E-state index is 12.4. The fourth-order valence-electron chi connectivity index (χ4n) is 0.972. The van der Waals surface area contributed by atoms with E-state index in [9.17, 15) is 8.78 Å². The first-order valence-corrected chi connectivity index (χ1v) is 4.17. The Morgan fingerprint density at radius 1 is 1.64 bits per heavy atom. The molecule has 0 aliphatic rings. The van der Waals surface area contributed by atoms with E-state index in [1.165, 1.54) is 6.07 Å². The second-order valence-corrected chi connectivity index (χ2v) is 2.78. The van der Waals surface area contributed by atoms with Crippen molar-refractivity contribution in [1.82, 2.24) is 4.98 Å². The third-order valence-electron chi connectivity index (χ3n) is 1.62. The minimum absolute atomic E-state index is 0.0625. The summed E-state index contributed by atoms with van der Waals surface area (Å²) in [6.07, 6.45) is -2.75. The average Bonchev–Trinajstić information content (AvgIpc) is 2.16. The molecule has 1 heterocycles. The van der Waals surface area contributed by atoms with Crippen LogP contribution in [-0.2, 0) is 5.88 Å². The highest BCUT2D eigenvalue weighted by atomic mass is 35.5. The monoisotopic (exact) mass is 217 g/mol. The highest BCUT2D eigenvalue weighted by Crippen LogP contribution is 2.25. The van der Waals surface area contributed by atoms with Gasteiger partial charge in [0.15, 0.2) is 5.69 Å². The van der Waals surface area contributed by atoms with Gasteiger partial charge in [-0.05, 0) is 11.6 Å². The van der Waals surface area contributed by atoms with E-state index in [4.69, 9.17) is 22.6 Å². The van der Waals surface area contributed by atoms with Gasteiger partial charge in [0.2, 0.25) is 0 Å². The molecule has 1 aromatic heterocycles. The van der Waals surface area contributed by atoms with Gasteiger partial charge in [-0.15, -0.1) is 11.6 Å². The van der Waals surface area contributed by atoms with E-state index < -0.39 is 12.1 Å². The van der Waals surface area contributed by atoms with Crippen molar-refractivity contribution in [2.45, 2.75) is 12.3 Å². The minimum atomic E-state index is -2.75. The van der Waals surface area contributed by atoms with Crippen LogP contribution in [-0.4, -0.2) is 4.98 Å². The largest absolute Gasteiger partial charge is 0.396 e. The van der Waals surface area contributed by atoms with Crippen LogP contribution in [0, 0.1) is 11.3 Å². The summed E-state index contributed by atoms with van der Waals surface area (Å²) in [5.74, 6) is -0.109. The van der Waals surface area contributed by atoms with Gasteiger partial charge in [-0.2, -0.15) is 5.26 Å². The Morgan fingerprint density at radius 2 is 2.29 bits per heavy atom. The fourth-order valence-corrected chi connectivity index (χ4v) is 1.19. The topological polar surface area (TPSA) is 62.7 Å². The molecule has 74 valence electrons. The Morgan fingerprint density at radius 3 is 2.71 bits per heavy atom. The third kappa shape index (κ3) is 1.91. The van der Waals surface area contributed by atoms with Crippen LogP contribution in [0.25, 0.3) is 0 Å². The zero-order chi connectivity index (χ0) is 10.7. The first-order chi connectivity index (χ1) is 6.60. The number of alkyl halides is 3. The molecule has 0 saturated heterocycles. The van der Waals surface area contributed by atoms with E-state index in [-0.39, 0.29) is 22.8 Å². The Bertz CT molecular complexity index is 387. The number of hydrogen-bond acceptors (Lipinski definition) is 3. The normalized spacial score (nSPS) is 10.2. The lowest BCUT2D eigenvalue weighted by Crippen LogP contribution is -2.03. The second-order valence-electron chi connectivity index (χ2n) is 2.52. The first-order valence-electron chi connectivity index (χ1n) is 3.63. The summed E-state index contributed by atoms with van der Waals surface area (Å²) in [6, 6.07) is 2.88. The molecule has 0 amide bonds. The van der Waals surface area contributed by atoms with Crippen molar-refractivity contribution in [3.05, 3.63) is 23.0 Å². The van der Waals surface area contributed by atoms with Crippen molar-refractivity contribution in [2.75, 3.05) is 5.73 Å². The molecule has 1 rings (SSSR count). The van der Waals surface area contributed by atoms with Crippen molar-refractivity contribution < 1.29 is 8.78 Å². The number of pyridine rings is 1. The molecule has 2 N–H and O–H groups in total. The molecule has 6 heteroatoms. The molecule has 3 nitrogen and oxygen atoms in total. The molecule has 14 heavy (non-hydrogen) atoms. The van der Waals surface area contributed by atoms with Crippen LogP contribution in [0.3, 0.4) is 0 Å². The molecule has 0 aliphatic heterocycles. The second kappa shape index (κ2) is 4.20. The van der Waals surface area contributed by atoms with Crippen molar-refractivity contribution in [3.8, 4) is 6.07 Å². The van der Waals surface area contributed by atoms with Crippen LogP contribution in [0.15, 0.2) is 6.07 Å². The van der Waals surface area contributed by atoms with Gasteiger partial charge in [0.25, 0.3) is 6.43 Å². The fraction of sp³-hybridized carbons (Fsp3) is 0.250. The molecule has 0 unspecified atom stereocenters. The van der Waals surface area contributed by atoms with Crippen LogP contribution in [0.1, 0.15) is 23.4 Å². The summed E-state index contributed by atoms with van der Waals surface area (Å²) in [6.45, 7) is 0. The maximum Gasteiger partial charge on any atom is 0.280 e. The van der Waals surface area contributed by atoms with E-state index in [0.717, 1.165) is 0 Å². The quantitative estimate of drug-likeness (QED) is 0.773. The van der Waals surface area contributed by atoms with Gasteiger partial charge in [-0.3, -0.25) is 0 Å². The maximum atomic E-state index is 12.4. The van der Waals surface area contributed by atoms with Crippen LogP contribution in [0.4, 0.5) is 14.5 Å². The number of nitrogens with two attached hydrogens (primary N) is 1. The lowest BCUT2D eigenvalue weighted by Gasteiger charge is -2.07. The van der Waals surface area contributed by atoms with E-state index in [2.05, 4.69) is 4.98 Å². The number of nitriles is 1. The number of nitrogen functional groups attached to an aromatic ring is 1. The summed E-state index contributed by atoms with van der Waals surface area (Å²) in [4.78, 5) is 3.44. The smallest absolute Gasteiger partial charge is 0.280 e. The number of nitrogens with zero attached hydrogens (tertiary/aromatic N) is 2. The first kappa shape index (κ1) is 10.7. The highest BCUT2D eigenvalue weighted by molar-refractivity contribution is 6.17. The lowest BCUT2D eigenvalue weighted by molar-refractivity contribution is 0.145. The van der Waals surface area contributed by atoms with Gasteiger partial charge in [0.1, 0.15) is 11.8 Å². The highest BCUT2D eigenvalue weighted by Gasteiger charge is 2.17. The van der Waals surface area contributed by atoms with Crippen molar-refractivity contribution >= 4 is 17.3 Å². The van der Waals surface area contributed by atoms with Crippen LogP contribution in [0.5, 0.6) is 0 Å². The number of hydrogen-bond donors (Lipinski definition) is 1. The van der Waals surface area contributed by atoms with Gasteiger partial charge in [-0.1, -0.05) is 0 Å². The minimum Gasteiger partial charge on any atom is -0.396 e. The Balaban J connectivity index is 3.34. The average molecular weight is 218 g/mol. The van der Waals surface area contributed by atoms with Crippen molar-refractivity contribution in [1.29, 1.82) is 5.26 Å². The van der Waals surface area contributed by atoms with Gasteiger partial charge in [0.05, 0.1) is 5.69 Å². The van der Waals surface area contributed by atoms with Crippen molar-refractivity contribution in [2.24, 2.45) is 0 Å². The zero-order valence-electron chi connectivity index (χ0n) is 6.97. The summed E-state index contributed by atoms with van der Waals surface area (Å²) in [5.41, 5.74) is 4.92. The molecular formula is C8H6ClF2N3. The predicted octanol–water partition coefficient (Wildman–Crippen LogP) is 2.21. The number of anilines is 1. The number of aromatic nitrogens is 1. The Hall–Kier alpha value is -1.41. The van der Waals surface area contributed by atoms with Gasteiger partial charge in [-0.25, -0.2) is 13.8 Å². The summed E-state index contributed by atoms with van der Waals surface area (Å²) < 4.78 is 24.8. The lowest BCUT2D eigenvalue weighted by atomic mass is 10.1. The van der Waals surface area contributed by atoms with Crippen LogP contribution in [0.2, 0.25) is 0 Å². The van der Waals surface area contributed by atoms with Crippen molar-refractivity contribution in [3.63, 3.8) is 0 Å². The van der Waals surface area contributed by atoms with Crippen LogP contribution < -0.4 is 5.73 Å². The molecule has 0 fully saturated rings. The summed E-state index contributed by atoms with van der Waals surface area (Å²) >= 11 is 5.43. The van der Waals surface area contributed by atoms with Crippen LogP contribution >= 0.6 is 11.6 Å². The van der Waals surface area contributed by atoms with Gasteiger partial charge >= 0.3 is 0 Å². The Kier molecular flexibility index (Phi) is 3.20. The molecular weight excluding hydrogens is 212 g/mol. The Labute approximate surface area is 84.1 Å². The van der Waals surface area contributed by atoms with E-state index >= 15 is 0 Å². The molecule has 0 spiro atoms. The molecule has 1 aromatic rings. The van der Waals surface area contributed by atoms with E-state index in [1.807, 2.05) is 0 Å². The summed E-state index contributed by atoms with van der Waals surface area (Å²) in [5, 5.41) is 8.52. The van der Waals surface area contributed by atoms with Gasteiger partial charge in [0, 0.05) is 5.88 Å². The van der Waals surface area contributed by atoms with Gasteiger partial charge < -0.3 is 5.73 Å². The SMILES string of the molecule is N#Cc1nc(C(F)F)c(CCl)cc1N. The molecule has 0 atom stereocenters. The molecule has 0 bridgehead atoms. The standard InChI is InChI=1S/C8H6ClF2N3/c9-2-4-1-5(13)6(3-12)14-7(4)8(10)11/h1,8H,2,13H2. The van der Waals surface area contributed by atoms with E-state index in [0.29, 0.717) is 0 Å². The zero-order valence-corrected chi connectivity index (χ0v) is 7.72. The number of rotatable bonds is 2. The molecule has 0 aliphatic carbocycles.